The van der Waals surface area contributed by atoms with Gasteiger partial charge in [0.25, 0.3) is 5.91 Å². The average Bonchev–Trinajstić information content (AvgIpc) is 2.99. The molecular formula is C16H16N2O2S. The molecule has 2 aromatic heterocycles. The highest BCUT2D eigenvalue weighted by Gasteiger charge is 2.16. The lowest BCUT2D eigenvalue weighted by molar-refractivity contribution is 0.0801. The molecule has 1 amide bonds. The normalized spacial score (nSPS) is 9.81. The van der Waals surface area contributed by atoms with Gasteiger partial charge in [-0.2, -0.15) is 0 Å². The largest absolute Gasteiger partial charge is 0.384 e. The summed E-state index contributed by atoms with van der Waals surface area (Å²) in [7, 11) is 1.77. The molecule has 1 N–H and O–H groups in total. The van der Waals surface area contributed by atoms with Gasteiger partial charge in [-0.15, -0.1) is 11.3 Å². The SMILES string of the molecule is CN(CCc1ccccn1)C(=O)c1sccc1C#CCO. The number of rotatable bonds is 4. The second-order valence-electron chi connectivity index (χ2n) is 4.42. The number of aliphatic hydroxyl groups excluding tert-OH is 1. The monoisotopic (exact) mass is 300 g/mol. The molecule has 0 bridgehead atoms. The molecule has 4 nitrogen and oxygen atoms in total. The highest BCUT2D eigenvalue weighted by molar-refractivity contribution is 7.12. The lowest BCUT2D eigenvalue weighted by Crippen LogP contribution is -2.28. The Balaban J connectivity index is 2.01. The molecule has 0 fully saturated rings. The van der Waals surface area contributed by atoms with Gasteiger partial charge in [0, 0.05) is 37.5 Å². The number of hydrogen-bond donors (Lipinski definition) is 1. The molecule has 0 radical (unpaired) electrons. The maximum Gasteiger partial charge on any atom is 0.264 e. The minimum Gasteiger partial charge on any atom is -0.384 e. The molecular weight excluding hydrogens is 284 g/mol. The zero-order chi connectivity index (χ0) is 15.1. The fourth-order valence-corrected chi connectivity index (χ4v) is 2.65. The number of aromatic nitrogens is 1. The molecule has 0 atom stereocenters. The van der Waals surface area contributed by atoms with Gasteiger partial charge in [0.15, 0.2) is 0 Å². The van der Waals surface area contributed by atoms with Crippen molar-refractivity contribution in [3.63, 3.8) is 0 Å². The van der Waals surface area contributed by atoms with Crippen molar-refractivity contribution in [3.05, 3.63) is 52.0 Å². The molecule has 0 aliphatic heterocycles. The van der Waals surface area contributed by atoms with Crippen molar-refractivity contribution in [3.8, 4) is 11.8 Å². The van der Waals surface area contributed by atoms with E-state index >= 15 is 0 Å². The Morgan fingerprint density at radius 1 is 1.43 bits per heavy atom. The minimum absolute atomic E-state index is 0.0526. The van der Waals surface area contributed by atoms with Crippen LogP contribution in [0.4, 0.5) is 0 Å². The summed E-state index contributed by atoms with van der Waals surface area (Å²) < 4.78 is 0. The molecule has 108 valence electrons. The van der Waals surface area contributed by atoms with Gasteiger partial charge in [-0.05, 0) is 23.6 Å². The molecule has 0 aliphatic carbocycles. The van der Waals surface area contributed by atoms with Crippen LogP contribution < -0.4 is 0 Å². The molecule has 0 saturated heterocycles. The van der Waals surface area contributed by atoms with Crippen molar-refractivity contribution in [2.75, 3.05) is 20.2 Å². The van der Waals surface area contributed by atoms with Gasteiger partial charge >= 0.3 is 0 Å². The van der Waals surface area contributed by atoms with E-state index < -0.39 is 0 Å². The van der Waals surface area contributed by atoms with Crippen molar-refractivity contribution < 1.29 is 9.90 Å². The van der Waals surface area contributed by atoms with Gasteiger partial charge in [-0.25, -0.2) is 0 Å². The van der Waals surface area contributed by atoms with Crippen LogP contribution in [0.1, 0.15) is 20.9 Å². The Kier molecular flexibility index (Phi) is 5.50. The number of carbonyl (C=O) groups is 1. The molecule has 0 aliphatic rings. The van der Waals surface area contributed by atoms with Crippen LogP contribution in [0.2, 0.25) is 0 Å². The van der Waals surface area contributed by atoms with E-state index in [-0.39, 0.29) is 12.5 Å². The van der Waals surface area contributed by atoms with E-state index in [1.807, 2.05) is 23.6 Å². The third kappa shape index (κ3) is 4.15. The van der Waals surface area contributed by atoms with Crippen molar-refractivity contribution >= 4 is 17.2 Å². The standard InChI is InChI=1S/C16H16N2O2S/c1-18(10-7-14-6-2-3-9-17-14)16(20)15-13(5-4-11-19)8-12-21-15/h2-3,6,8-9,12,19H,7,10-11H2,1H3. The zero-order valence-corrected chi connectivity index (χ0v) is 12.6. The van der Waals surface area contributed by atoms with Crippen LogP contribution in [0.5, 0.6) is 0 Å². The molecule has 2 heterocycles. The number of likely N-dealkylation sites (N-methyl/N-ethyl adjacent to an activating group) is 1. The first-order chi connectivity index (χ1) is 10.2. The molecule has 2 aromatic rings. The van der Waals surface area contributed by atoms with E-state index in [9.17, 15) is 4.79 Å². The van der Waals surface area contributed by atoms with E-state index in [0.717, 1.165) is 5.69 Å². The zero-order valence-electron chi connectivity index (χ0n) is 11.7. The second kappa shape index (κ2) is 7.58. The maximum atomic E-state index is 12.4. The van der Waals surface area contributed by atoms with Crippen LogP contribution in [-0.2, 0) is 6.42 Å². The quantitative estimate of drug-likeness (QED) is 0.876. The lowest BCUT2D eigenvalue weighted by atomic mass is 10.2. The number of pyridine rings is 1. The molecule has 0 saturated carbocycles. The summed E-state index contributed by atoms with van der Waals surface area (Å²) >= 11 is 1.37. The van der Waals surface area contributed by atoms with Gasteiger partial charge in [0.2, 0.25) is 0 Å². The highest BCUT2D eigenvalue weighted by Crippen LogP contribution is 2.17. The van der Waals surface area contributed by atoms with Gasteiger partial charge in [0.1, 0.15) is 11.5 Å². The number of amides is 1. The van der Waals surface area contributed by atoms with Crippen molar-refractivity contribution in [1.82, 2.24) is 9.88 Å². The van der Waals surface area contributed by atoms with Crippen molar-refractivity contribution in [1.29, 1.82) is 0 Å². The minimum atomic E-state index is -0.209. The Labute approximate surface area is 128 Å². The summed E-state index contributed by atoms with van der Waals surface area (Å²) in [6.07, 6.45) is 2.46. The number of carbonyl (C=O) groups excluding carboxylic acids is 1. The van der Waals surface area contributed by atoms with E-state index in [4.69, 9.17) is 5.11 Å². The summed E-state index contributed by atoms with van der Waals surface area (Å²) in [5.41, 5.74) is 1.63. The summed E-state index contributed by atoms with van der Waals surface area (Å²) in [6.45, 7) is 0.389. The van der Waals surface area contributed by atoms with Crippen LogP contribution in [0.15, 0.2) is 35.8 Å². The highest BCUT2D eigenvalue weighted by atomic mass is 32.1. The molecule has 0 aromatic carbocycles. The van der Waals surface area contributed by atoms with Crippen LogP contribution >= 0.6 is 11.3 Å². The van der Waals surface area contributed by atoms with E-state index in [1.54, 1.807) is 24.2 Å². The molecule has 5 heteroatoms. The number of thiophene rings is 1. The Morgan fingerprint density at radius 2 is 2.29 bits per heavy atom. The first-order valence-corrected chi connectivity index (χ1v) is 7.43. The van der Waals surface area contributed by atoms with Crippen LogP contribution in [-0.4, -0.2) is 41.1 Å². The maximum absolute atomic E-state index is 12.4. The van der Waals surface area contributed by atoms with Crippen molar-refractivity contribution in [2.24, 2.45) is 0 Å². The Morgan fingerprint density at radius 3 is 3.00 bits per heavy atom. The van der Waals surface area contributed by atoms with Gasteiger partial charge in [-0.3, -0.25) is 9.78 Å². The van der Waals surface area contributed by atoms with Crippen LogP contribution in [0.25, 0.3) is 0 Å². The smallest absolute Gasteiger partial charge is 0.264 e. The van der Waals surface area contributed by atoms with E-state index in [0.29, 0.717) is 23.4 Å². The topological polar surface area (TPSA) is 53.4 Å². The second-order valence-corrected chi connectivity index (χ2v) is 5.34. The van der Waals surface area contributed by atoms with E-state index in [2.05, 4.69) is 16.8 Å². The summed E-state index contributed by atoms with van der Waals surface area (Å²) in [4.78, 5) is 18.9. The Hall–Kier alpha value is -2.16. The van der Waals surface area contributed by atoms with Crippen molar-refractivity contribution in [2.45, 2.75) is 6.42 Å². The predicted molar refractivity (Wildman–Crippen MR) is 83.2 cm³/mol. The third-order valence-electron chi connectivity index (χ3n) is 2.94. The number of aliphatic hydroxyl groups is 1. The van der Waals surface area contributed by atoms with Gasteiger partial charge < -0.3 is 10.0 Å². The first-order valence-electron chi connectivity index (χ1n) is 6.55. The number of nitrogens with zero attached hydrogens (tertiary/aromatic N) is 2. The lowest BCUT2D eigenvalue weighted by Gasteiger charge is -2.16. The van der Waals surface area contributed by atoms with Gasteiger partial charge in [0.05, 0.1) is 0 Å². The summed E-state index contributed by atoms with van der Waals surface area (Å²) in [5, 5.41) is 10.6. The molecule has 21 heavy (non-hydrogen) atoms. The first kappa shape index (κ1) is 15.2. The Bertz CT molecular complexity index is 656. The molecule has 0 spiro atoms. The number of hydrogen-bond acceptors (Lipinski definition) is 4. The van der Waals surface area contributed by atoms with Crippen LogP contribution in [0.3, 0.4) is 0 Å². The fourth-order valence-electron chi connectivity index (χ4n) is 1.81. The predicted octanol–water partition coefficient (Wildman–Crippen LogP) is 1.80. The summed E-state index contributed by atoms with van der Waals surface area (Å²) in [6, 6.07) is 7.55. The average molecular weight is 300 g/mol. The third-order valence-corrected chi connectivity index (χ3v) is 3.84. The fraction of sp³-hybridized carbons (Fsp3) is 0.250. The van der Waals surface area contributed by atoms with E-state index in [1.165, 1.54) is 11.3 Å². The van der Waals surface area contributed by atoms with Gasteiger partial charge in [-0.1, -0.05) is 17.9 Å². The summed E-state index contributed by atoms with van der Waals surface area (Å²) in [5.74, 6) is 5.32. The molecule has 0 unspecified atom stereocenters. The van der Waals surface area contributed by atoms with Crippen LogP contribution in [0, 0.1) is 11.8 Å². The molecule has 2 rings (SSSR count).